The molecule has 4 nitrogen and oxygen atoms in total. The van der Waals surface area contributed by atoms with Crippen LogP contribution < -0.4 is 19.9 Å². The van der Waals surface area contributed by atoms with E-state index in [2.05, 4.69) is 0 Å². The Labute approximate surface area is 111 Å². The molecule has 1 aliphatic heterocycles. The third-order valence-corrected chi connectivity index (χ3v) is 4.00. The van der Waals surface area contributed by atoms with Gasteiger partial charge in [-0.2, -0.15) is 0 Å². The number of halogens is 1. The molecule has 0 radical (unpaired) electrons. The van der Waals surface area contributed by atoms with Crippen LogP contribution in [0, 0.1) is 0 Å². The van der Waals surface area contributed by atoms with Crippen molar-refractivity contribution in [3.05, 3.63) is 16.7 Å². The number of benzene rings is 1. The van der Waals surface area contributed by atoms with Crippen LogP contribution in [-0.2, 0) is 5.41 Å². The highest BCUT2D eigenvalue weighted by atomic mass is 35.5. The Hall–Kier alpha value is -1.13. The van der Waals surface area contributed by atoms with Gasteiger partial charge < -0.3 is 19.9 Å². The molecule has 0 atom stereocenters. The van der Waals surface area contributed by atoms with Gasteiger partial charge in [0.15, 0.2) is 11.5 Å². The molecule has 1 fully saturated rings. The van der Waals surface area contributed by atoms with Crippen LogP contribution in [0.1, 0.15) is 18.4 Å². The predicted molar refractivity (Wildman–Crippen MR) is 69.0 cm³/mol. The van der Waals surface area contributed by atoms with Crippen molar-refractivity contribution in [3.63, 3.8) is 0 Å². The minimum Gasteiger partial charge on any atom is -0.495 e. The van der Waals surface area contributed by atoms with Crippen LogP contribution in [0.25, 0.3) is 0 Å². The van der Waals surface area contributed by atoms with E-state index in [9.17, 15) is 0 Å². The lowest BCUT2D eigenvalue weighted by Gasteiger charge is -2.27. The van der Waals surface area contributed by atoms with E-state index in [4.69, 9.17) is 31.5 Å². The monoisotopic (exact) mass is 269 g/mol. The second-order valence-corrected chi connectivity index (χ2v) is 5.18. The third kappa shape index (κ3) is 1.63. The van der Waals surface area contributed by atoms with Crippen molar-refractivity contribution in [1.29, 1.82) is 0 Å². The van der Waals surface area contributed by atoms with Crippen LogP contribution in [0.15, 0.2) is 6.07 Å². The quantitative estimate of drug-likeness (QED) is 0.913. The maximum Gasteiger partial charge on any atom is 0.168 e. The highest BCUT2D eigenvalue weighted by Crippen LogP contribution is 2.58. The summed E-state index contributed by atoms with van der Waals surface area (Å²) in [5.74, 6) is 2.12. The highest BCUT2D eigenvalue weighted by Gasteiger charge is 2.48. The Morgan fingerprint density at radius 3 is 2.72 bits per heavy atom. The third-order valence-electron chi connectivity index (χ3n) is 3.72. The van der Waals surface area contributed by atoms with E-state index in [1.165, 1.54) is 0 Å². The van der Waals surface area contributed by atoms with Crippen molar-refractivity contribution in [1.82, 2.24) is 0 Å². The summed E-state index contributed by atoms with van der Waals surface area (Å²) in [7, 11) is 1.62. The van der Waals surface area contributed by atoms with E-state index < -0.39 is 0 Å². The lowest BCUT2D eigenvalue weighted by molar-refractivity contribution is 0.167. The average Bonchev–Trinajstić information content (AvgIpc) is 3.18. The van der Waals surface area contributed by atoms with Crippen LogP contribution >= 0.6 is 11.6 Å². The van der Waals surface area contributed by atoms with E-state index >= 15 is 0 Å². The number of fused-ring (bicyclic) bond motifs is 1. The van der Waals surface area contributed by atoms with Gasteiger partial charge in [-0.15, -0.1) is 0 Å². The first-order chi connectivity index (χ1) is 8.72. The molecule has 1 aromatic carbocycles. The number of hydrogen-bond donors (Lipinski definition) is 1. The fourth-order valence-electron chi connectivity index (χ4n) is 2.53. The molecule has 0 unspecified atom stereocenters. The van der Waals surface area contributed by atoms with E-state index in [0.29, 0.717) is 36.3 Å². The number of nitrogens with two attached hydrogens (primary N) is 1. The molecule has 1 aliphatic carbocycles. The van der Waals surface area contributed by atoms with E-state index in [1.54, 1.807) is 13.2 Å². The first-order valence-electron chi connectivity index (χ1n) is 6.08. The molecule has 2 N–H and O–H groups in total. The van der Waals surface area contributed by atoms with Gasteiger partial charge in [-0.1, -0.05) is 11.6 Å². The fraction of sp³-hybridized carbons (Fsp3) is 0.538. The Bertz CT molecular complexity index is 486. The minimum atomic E-state index is -0.0545. The van der Waals surface area contributed by atoms with Gasteiger partial charge in [0.2, 0.25) is 0 Å². The zero-order chi connectivity index (χ0) is 12.8. The van der Waals surface area contributed by atoms with Gasteiger partial charge in [0.05, 0.1) is 12.1 Å². The second-order valence-electron chi connectivity index (χ2n) is 4.78. The number of methoxy groups -OCH3 is 1. The fourth-order valence-corrected chi connectivity index (χ4v) is 2.80. The van der Waals surface area contributed by atoms with Crippen LogP contribution in [0.3, 0.4) is 0 Å². The molecule has 1 saturated carbocycles. The van der Waals surface area contributed by atoms with Crippen LogP contribution in [0.2, 0.25) is 5.02 Å². The molecule has 3 rings (SSSR count). The maximum atomic E-state index is 6.26. The number of hydrogen-bond acceptors (Lipinski definition) is 4. The van der Waals surface area contributed by atoms with Crippen molar-refractivity contribution < 1.29 is 14.2 Å². The van der Waals surface area contributed by atoms with Crippen LogP contribution in [-0.4, -0.2) is 26.9 Å². The van der Waals surface area contributed by atoms with E-state index in [1.807, 2.05) is 0 Å². The highest BCUT2D eigenvalue weighted by molar-refractivity contribution is 6.32. The minimum absolute atomic E-state index is 0.0545. The summed E-state index contributed by atoms with van der Waals surface area (Å²) in [5, 5.41) is 0.552. The van der Waals surface area contributed by atoms with Crippen molar-refractivity contribution in [2.45, 2.75) is 18.3 Å². The SMILES string of the molecule is COc1c(Cl)cc2c(c1C1(CN)CC1)OCCO2. The van der Waals surface area contributed by atoms with Crippen molar-refractivity contribution in [2.24, 2.45) is 5.73 Å². The molecule has 1 heterocycles. The largest absolute Gasteiger partial charge is 0.495 e. The Balaban J connectivity index is 2.22. The molecular weight excluding hydrogens is 254 g/mol. The molecule has 2 aliphatic rings. The molecule has 5 heteroatoms. The van der Waals surface area contributed by atoms with Crippen LogP contribution in [0.5, 0.6) is 17.2 Å². The second kappa shape index (κ2) is 4.21. The Morgan fingerprint density at radius 1 is 1.39 bits per heavy atom. The standard InChI is InChI=1S/C13H16ClNO3/c1-16-11-8(14)6-9-12(18-5-4-17-9)10(11)13(7-15)2-3-13/h6H,2-5,7,15H2,1H3. The van der Waals surface area contributed by atoms with E-state index in [0.717, 1.165) is 24.2 Å². The predicted octanol–water partition coefficient (Wildman–Crippen LogP) is 2.11. The molecule has 0 saturated heterocycles. The summed E-state index contributed by atoms with van der Waals surface area (Å²) < 4.78 is 16.8. The molecule has 0 spiro atoms. The molecular formula is C13H16ClNO3. The molecule has 0 bridgehead atoms. The van der Waals surface area contributed by atoms with Crippen molar-refractivity contribution >= 4 is 11.6 Å². The zero-order valence-electron chi connectivity index (χ0n) is 10.3. The van der Waals surface area contributed by atoms with Gasteiger partial charge in [-0.3, -0.25) is 0 Å². The van der Waals surface area contributed by atoms with Crippen LogP contribution in [0.4, 0.5) is 0 Å². The summed E-state index contributed by atoms with van der Waals surface area (Å²) in [4.78, 5) is 0. The van der Waals surface area contributed by atoms with Crippen molar-refractivity contribution in [3.8, 4) is 17.2 Å². The number of ether oxygens (including phenoxy) is 3. The first-order valence-corrected chi connectivity index (χ1v) is 6.46. The first kappa shape index (κ1) is 11.9. The summed E-state index contributed by atoms with van der Waals surface area (Å²) in [6.45, 7) is 1.66. The lowest BCUT2D eigenvalue weighted by atomic mass is 9.93. The van der Waals surface area contributed by atoms with Gasteiger partial charge >= 0.3 is 0 Å². The molecule has 1 aromatic rings. The van der Waals surface area contributed by atoms with Gasteiger partial charge in [0, 0.05) is 23.6 Å². The topological polar surface area (TPSA) is 53.7 Å². The molecule has 0 amide bonds. The zero-order valence-corrected chi connectivity index (χ0v) is 11.0. The molecule has 0 aromatic heterocycles. The summed E-state index contributed by atoms with van der Waals surface area (Å²) >= 11 is 6.26. The van der Waals surface area contributed by atoms with E-state index in [-0.39, 0.29) is 5.41 Å². The van der Waals surface area contributed by atoms with Gasteiger partial charge in [0.1, 0.15) is 19.0 Å². The summed E-state index contributed by atoms with van der Waals surface area (Å²) in [5.41, 5.74) is 6.84. The van der Waals surface area contributed by atoms with Gasteiger partial charge in [-0.25, -0.2) is 0 Å². The van der Waals surface area contributed by atoms with Crippen molar-refractivity contribution in [2.75, 3.05) is 26.9 Å². The Kier molecular flexibility index (Phi) is 2.79. The van der Waals surface area contributed by atoms with Gasteiger partial charge in [0.25, 0.3) is 0 Å². The summed E-state index contributed by atoms with van der Waals surface area (Å²) in [6, 6.07) is 1.75. The molecule has 98 valence electrons. The smallest absolute Gasteiger partial charge is 0.168 e. The number of rotatable bonds is 3. The summed E-state index contributed by atoms with van der Waals surface area (Å²) in [6.07, 6.45) is 2.08. The normalized spacial score (nSPS) is 19.5. The average molecular weight is 270 g/mol. The van der Waals surface area contributed by atoms with Gasteiger partial charge in [-0.05, 0) is 12.8 Å². The molecule has 18 heavy (non-hydrogen) atoms. The maximum absolute atomic E-state index is 6.26. The lowest BCUT2D eigenvalue weighted by Crippen LogP contribution is -2.24. The Morgan fingerprint density at radius 2 is 2.11 bits per heavy atom.